The van der Waals surface area contributed by atoms with Gasteiger partial charge in [-0.3, -0.25) is 15.2 Å². The highest BCUT2D eigenvalue weighted by Crippen LogP contribution is 2.64. The predicted octanol–water partition coefficient (Wildman–Crippen LogP) is 5.03. The zero-order valence-electron chi connectivity index (χ0n) is 22.0. The Morgan fingerprint density at radius 1 is 1.14 bits per heavy atom. The third kappa shape index (κ3) is 3.88. The van der Waals surface area contributed by atoms with Gasteiger partial charge in [0.05, 0.1) is 30.1 Å². The van der Waals surface area contributed by atoms with Crippen LogP contribution in [0.5, 0.6) is 0 Å². The molecule has 6 nitrogen and oxygen atoms in total. The van der Waals surface area contributed by atoms with Crippen LogP contribution in [0, 0.1) is 46.7 Å². The fourth-order valence-electron chi connectivity index (χ4n) is 9.55. The third-order valence-electron chi connectivity index (χ3n) is 11.1. The van der Waals surface area contributed by atoms with Gasteiger partial charge in [0.15, 0.2) is 5.78 Å². The molecule has 198 valence electrons. The van der Waals surface area contributed by atoms with E-state index in [1.165, 1.54) is 31.4 Å². The lowest BCUT2D eigenvalue weighted by atomic mass is 9.49. The van der Waals surface area contributed by atoms with Crippen LogP contribution in [0.25, 0.3) is 0 Å². The summed E-state index contributed by atoms with van der Waals surface area (Å²) in [5.74, 6) is 3.48. The molecule has 2 N–H and O–H groups in total. The second kappa shape index (κ2) is 8.95. The highest BCUT2D eigenvalue weighted by atomic mass is 19.1. The van der Waals surface area contributed by atoms with Gasteiger partial charge < -0.3 is 9.84 Å². The van der Waals surface area contributed by atoms with Crippen molar-refractivity contribution in [3.05, 3.63) is 24.0 Å². The molecule has 1 heterocycles. The number of rotatable bonds is 5. The Balaban J connectivity index is 1.16. The highest BCUT2D eigenvalue weighted by molar-refractivity contribution is 5.88. The number of aliphatic hydroxyl groups is 1. The van der Waals surface area contributed by atoms with Gasteiger partial charge in [0.1, 0.15) is 5.82 Å². The summed E-state index contributed by atoms with van der Waals surface area (Å²) in [6.07, 6.45) is 9.76. The molecule has 0 aromatic heterocycles. The maximum atomic E-state index is 14.0. The number of nitrogens with zero attached hydrogens (tertiary/aromatic N) is 2. The van der Waals surface area contributed by atoms with Crippen molar-refractivity contribution in [3.8, 4) is 0 Å². The lowest BCUT2D eigenvalue weighted by molar-refractivity contribution is -0.135. The molecule has 1 aromatic carbocycles. The van der Waals surface area contributed by atoms with Gasteiger partial charge in [0, 0.05) is 26.1 Å². The molecule has 1 aliphatic heterocycles. The Kier molecular flexibility index (Phi) is 6.12. The molecule has 0 bridgehead atoms. The van der Waals surface area contributed by atoms with Gasteiger partial charge in [-0.05, 0) is 105 Å². The molecule has 8 atom stereocenters. The first-order chi connectivity index (χ1) is 17.2. The largest absolute Gasteiger partial charge is 0.387 e. The number of hydrogen-bond acceptors (Lipinski definition) is 6. The summed E-state index contributed by atoms with van der Waals surface area (Å²) < 4.78 is 19.3. The van der Waals surface area contributed by atoms with E-state index in [1.807, 2.05) is 17.2 Å². The third-order valence-corrected chi connectivity index (χ3v) is 11.1. The molecule has 4 aliphatic carbocycles. The molecular weight excluding hydrogens is 457 g/mol. The number of fused-ring (bicyclic) bond motifs is 6. The SMILES string of the molecule is COC[C@@]1(O)CC[C@H]2[C@H](CC[C@@H]3[C@@H]2CC[C@]2(C)C(C(=O)CN4c5cc(F)ccc5NN4C)CC[C@@H]32)C1. The minimum absolute atomic E-state index is 0.0625. The summed E-state index contributed by atoms with van der Waals surface area (Å²) in [6.45, 7) is 3.13. The average Bonchev–Trinajstić information content (AvgIpc) is 3.35. The Bertz CT molecular complexity index is 1020. The van der Waals surface area contributed by atoms with Crippen LogP contribution in [0.15, 0.2) is 18.2 Å². The van der Waals surface area contributed by atoms with E-state index < -0.39 is 5.60 Å². The normalized spacial score (nSPS) is 41.8. The fourth-order valence-corrected chi connectivity index (χ4v) is 9.55. The quantitative estimate of drug-likeness (QED) is 0.592. The fraction of sp³-hybridized carbons (Fsp3) is 0.759. The molecule has 36 heavy (non-hydrogen) atoms. The van der Waals surface area contributed by atoms with Crippen molar-refractivity contribution in [1.82, 2.24) is 5.12 Å². The van der Waals surface area contributed by atoms with E-state index in [-0.39, 0.29) is 23.7 Å². The number of anilines is 2. The number of Topliss-reactive ketones (excluding diaryl/α,β-unsaturated/α-hetero) is 1. The van der Waals surface area contributed by atoms with E-state index in [4.69, 9.17) is 4.74 Å². The first-order valence-corrected chi connectivity index (χ1v) is 14.0. The Morgan fingerprint density at radius 3 is 2.75 bits per heavy atom. The summed E-state index contributed by atoms with van der Waals surface area (Å²) in [4.78, 5) is 13.8. The highest BCUT2D eigenvalue weighted by Gasteiger charge is 2.59. The minimum atomic E-state index is -0.643. The topological polar surface area (TPSA) is 65.0 Å². The zero-order valence-corrected chi connectivity index (χ0v) is 22.0. The zero-order chi connectivity index (χ0) is 25.2. The molecule has 0 spiro atoms. The van der Waals surface area contributed by atoms with E-state index in [9.17, 15) is 14.3 Å². The van der Waals surface area contributed by atoms with Crippen molar-refractivity contribution in [2.24, 2.45) is 40.9 Å². The molecule has 1 aromatic rings. The van der Waals surface area contributed by atoms with E-state index in [0.717, 1.165) is 61.7 Å². The number of carbonyl (C=O) groups is 1. The Labute approximate surface area is 214 Å². The number of nitrogens with one attached hydrogen (secondary N) is 1. The molecule has 0 radical (unpaired) electrons. The summed E-state index contributed by atoms with van der Waals surface area (Å²) in [7, 11) is 3.57. The number of ketones is 1. The van der Waals surface area contributed by atoms with E-state index in [2.05, 4.69) is 12.3 Å². The summed E-state index contributed by atoms with van der Waals surface area (Å²) >= 11 is 0. The molecule has 0 amide bonds. The first-order valence-electron chi connectivity index (χ1n) is 14.0. The molecule has 5 aliphatic rings. The molecule has 7 heteroatoms. The van der Waals surface area contributed by atoms with Crippen LogP contribution in [0.1, 0.15) is 64.7 Å². The average molecular weight is 500 g/mol. The van der Waals surface area contributed by atoms with Crippen LogP contribution in [-0.4, -0.2) is 48.9 Å². The Morgan fingerprint density at radius 2 is 1.94 bits per heavy atom. The van der Waals surface area contributed by atoms with Crippen molar-refractivity contribution >= 4 is 17.2 Å². The summed E-state index contributed by atoms with van der Waals surface area (Å²) in [5.41, 5.74) is 4.22. The van der Waals surface area contributed by atoms with Crippen molar-refractivity contribution in [2.75, 3.05) is 37.7 Å². The number of halogens is 1. The summed E-state index contributed by atoms with van der Waals surface area (Å²) in [5, 5.41) is 14.7. The number of carbonyl (C=O) groups excluding carboxylic acids is 1. The van der Waals surface area contributed by atoms with Crippen molar-refractivity contribution in [3.63, 3.8) is 0 Å². The Hall–Kier alpha value is -1.70. The number of hydrogen-bond donors (Lipinski definition) is 2. The monoisotopic (exact) mass is 499 g/mol. The van der Waals surface area contributed by atoms with Crippen LogP contribution < -0.4 is 10.4 Å². The van der Waals surface area contributed by atoms with Gasteiger partial charge in [0.2, 0.25) is 0 Å². The molecule has 4 saturated carbocycles. The van der Waals surface area contributed by atoms with Crippen molar-refractivity contribution < 1.29 is 19.0 Å². The predicted molar refractivity (Wildman–Crippen MR) is 138 cm³/mol. The van der Waals surface area contributed by atoms with Gasteiger partial charge in [0.25, 0.3) is 0 Å². The van der Waals surface area contributed by atoms with Crippen LogP contribution in [0.3, 0.4) is 0 Å². The number of ether oxygens (including phenoxy) is 1. The number of benzene rings is 1. The number of methoxy groups -OCH3 is 1. The van der Waals surface area contributed by atoms with Gasteiger partial charge in [-0.1, -0.05) is 6.92 Å². The standard InChI is InChI=1S/C29H42FN3O3/c1-28-12-10-21-20-11-13-29(35,17-36-3)15-18(20)4-6-22(21)23(28)7-8-24(28)27(34)16-33-26-14-19(30)5-9-25(26)31-32(33)2/h5,9,14,18,20-24,31,35H,4,6-8,10-13,15-17H2,1-3H3/t18-,20+,21-,22-,23+,24?,28+,29-/m1/s1. The molecule has 6 rings (SSSR count). The van der Waals surface area contributed by atoms with Crippen LogP contribution >= 0.6 is 0 Å². The first kappa shape index (κ1) is 24.6. The second-order valence-corrected chi connectivity index (χ2v) is 12.8. The van der Waals surface area contributed by atoms with E-state index in [0.29, 0.717) is 30.1 Å². The molecular formula is C29H42FN3O3. The van der Waals surface area contributed by atoms with Gasteiger partial charge in [-0.2, -0.15) is 0 Å². The van der Waals surface area contributed by atoms with Gasteiger partial charge in [-0.25, -0.2) is 4.39 Å². The number of hydrazine groups is 2. The van der Waals surface area contributed by atoms with Crippen LogP contribution in [-0.2, 0) is 9.53 Å². The molecule has 4 fully saturated rings. The van der Waals surface area contributed by atoms with E-state index in [1.54, 1.807) is 13.2 Å². The van der Waals surface area contributed by atoms with Gasteiger partial charge >= 0.3 is 0 Å². The summed E-state index contributed by atoms with van der Waals surface area (Å²) in [6, 6.07) is 4.70. The van der Waals surface area contributed by atoms with Crippen LogP contribution in [0.2, 0.25) is 0 Å². The molecule has 0 saturated heterocycles. The van der Waals surface area contributed by atoms with Crippen LogP contribution in [0.4, 0.5) is 15.8 Å². The smallest absolute Gasteiger partial charge is 0.157 e. The second-order valence-electron chi connectivity index (χ2n) is 12.8. The van der Waals surface area contributed by atoms with Gasteiger partial charge in [-0.15, -0.1) is 5.12 Å². The maximum Gasteiger partial charge on any atom is 0.157 e. The lowest BCUT2D eigenvalue weighted by Crippen LogP contribution is -2.53. The van der Waals surface area contributed by atoms with Crippen molar-refractivity contribution in [2.45, 2.75) is 70.3 Å². The maximum absolute atomic E-state index is 14.0. The van der Waals surface area contributed by atoms with Crippen molar-refractivity contribution in [1.29, 1.82) is 0 Å². The van der Waals surface area contributed by atoms with E-state index >= 15 is 0 Å². The molecule has 1 unspecified atom stereocenters. The lowest BCUT2D eigenvalue weighted by Gasteiger charge is -2.57. The minimum Gasteiger partial charge on any atom is -0.387 e.